The van der Waals surface area contributed by atoms with E-state index in [-0.39, 0.29) is 0 Å². The minimum absolute atomic E-state index is 0.371. The monoisotopic (exact) mass is 241 g/mol. The van der Waals surface area contributed by atoms with E-state index >= 15 is 0 Å². The Balaban J connectivity index is 3.21. The predicted octanol–water partition coefficient (Wildman–Crippen LogP) is 1.13. The molecule has 6 nitrogen and oxygen atoms in total. The first-order chi connectivity index (χ1) is 7.97. The molecule has 0 saturated carbocycles. The summed E-state index contributed by atoms with van der Waals surface area (Å²) in [5.41, 5.74) is -1.95. The Hall–Kier alpha value is -2.56. The number of nitro groups is 1. The Kier molecular flexibility index (Phi) is 3.66. The molecule has 0 aliphatic heterocycles. The molecule has 88 valence electrons. The fourth-order valence-electron chi connectivity index (χ4n) is 1.09. The van der Waals surface area contributed by atoms with Crippen LogP contribution in [0.2, 0.25) is 0 Å². The standard InChI is InChI=1S/C9H5F2N3O3/c10-5-3-6(9(15)13-2-1-12)8(11)7(4-5)14(16)17/h3-4H,2H2,(H,13,15). The number of carbonyl (C=O) groups is 1. The summed E-state index contributed by atoms with van der Waals surface area (Å²) in [5, 5.41) is 20.5. The Morgan fingerprint density at radius 2 is 2.18 bits per heavy atom. The van der Waals surface area contributed by atoms with Crippen molar-refractivity contribution in [2.45, 2.75) is 0 Å². The van der Waals surface area contributed by atoms with Crippen LogP contribution in [-0.4, -0.2) is 17.4 Å². The molecular formula is C9H5F2N3O3. The minimum Gasteiger partial charge on any atom is -0.339 e. The van der Waals surface area contributed by atoms with Gasteiger partial charge in [-0.1, -0.05) is 0 Å². The molecular weight excluding hydrogens is 236 g/mol. The van der Waals surface area contributed by atoms with Gasteiger partial charge < -0.3 is 5.32 Å². The van der Waals surface area contributed by atoms with Crippen molar-refractivity contribution >= 4 is 11.6 Å². The fraction of sp³-hybridized carbons (Fsp3) is 0.111. The molecule has 1 rings (SSSR count). The van der Waals surface area contributed by atoms with E-state index in [1.54, 1.807) is 6.07 Å². The maximum Gasteiger partial charge on any atom is 0.308 e. The van der Waals surface area contributed by atoms with Crippen molar-refractivity contribution in [2.24, 2.45) is 0 Å². The number of rotatable bonds is 3. The summed E-state index contributed by atoms with van der Waals surface area (Å²) in [6.45, 7) is -0.414. The number of nitrogens with one attached hydrogen (secondary N) is 1. The van der Waals surface area contributed by atoms with Crippen LogP contribution in [0.5, 0.6) is 0 Å². The van der Waals surface area contributed by atoms with Crippen molar-refractivity contribution in [2.75, 3.05) is 6.54 Å². The van der Waals surface area contributed by atoms with E-state index in [0.29, 0.717) is 12.1 Å². The molecule has 1 N–H and O–H groups in total. The van der Waals surface area contributed by atoms with E-state index in [2.05, 4.69) is 0 Å². The largest absolute Gasteiger partial charge is 0.339 e. The number of benzene rings is 1. The van der Waals surface area contributed by atoms with Crippen molar-refractivity contribution in [3.05, 3.63) is 39.4 Å². The topological polar surface area (TPSA) is 96.0 Å². The van der Waals surface area contributed by atoms with Crippen molar-refractivity contribution in [3.63, 3.8) is 0 Å². The Labute approximate surface area is 93.6 Å². The average Bonchev–Trinajstić information content (AvgIpc) is 2.28. The third kappa shape index (κ3) is 2.72. The van der Waals surface area contributed by atoms with Gasteiger partial charge in [-0.05, 0) is 6.07 Å². The molecule has 0 fully saturated rings. The van der Waals surface area contributed by atoms with Gasteiger partial charge in [0, 0.05) is 0 Å². The maximum absolute atomic E-state index is 13.4. The summed E-state index contributed by atoms with van der Waals surface area (Å²) in [7, 11) is 0. The van der Waals surface area contributed by atoms with E-state index in [9.17, 15) is 23.7 Å². The number of amides is 1. The zero-order valence-electron chi connectivity index (χ0n) is 8.24. The van der Waals surface area contributed by atoms with Crippen LogP contribution in [0.1, 0.15) is 10.4 Å². The van der Waals surface area contributed by atoms with Gasteiger partial charge in [0.25, 0.3) is 5.91 Å². The Bertz CT molecular complexity index is 525. The van der Waals surface area contributed by atoms with Crippen molar-refractivity contribution in [1.29, 1.82) is 5.26 Å². The van der Waals surface area contributed by atoms with E-state index < -0.39 is 40.3 Å². The molecule has 0 radical (unpaired) electrons. The summed E-state index contributed by atoms with van der Waals surface area (Å²) in [5.74, 6) is -3.64. The second-order valence-corrected chi connectivity index (χ2v) is 2.88. The molecule has 0 unspecified atom stereocenters. The number of hydrogen-bond acceptors (Lipinski definition) is 4. The van der Waals surface area contributed by atoms with Gasteiger partial charge in [-0.2, -0.15) is 9.65 Å². The SMILES string of the molecule is N#CCNC(=O)c1cc(F)cc([N+](=O)[O-])c1F. The van der Waals surface area contributed by atoms with Gasteiger partial charge in [0.15, 0.2) is 0 Å². The van der Waals surface area contributed by atoms with E-state index in [4.69, 9.17) is 5.26 Å². The highest BCUT2D eigenvalue weighted by atomic mass is 19.1. The van der Waals surface area contributed by atoms with Gasteiger partial charge in [0.1, 0.15) is 12.4 Å². The number of carbonyl (C=O) groups excluding carboxylic acids is 1. The first-order valence-electron chi connectivity index (χ1n) is 4.26. The van der Waals surface area contributed by atoms with Gasteiger partial charge in [0.2, 0.25) is 5.82 Å². The van der Waals surface area contributed by atoms with Crippen LogP contribution < -0.4 is 5.32 Å². The molecule has 17 heavy (non-hydrogen) atoms. The number of hydrogen-bond donors (Lipinski definition) is 1. The molecule has 1 aromatic carbocycles. The first kappa shape index (κ1) is 12.5. The second kappa shape index (κ2) is 4.98. The van der Waals surface area contributed by atoms with Gasteiger partial charge in [-0.15, -0.1) is 0 Å². The average molecular weight is 241 g/mol. The predicted molar refractivity (Wildman–Crippen MR) is 51.0 cm³/mol. The quantitative estimate of drug-likeness (QED) is 0.487. The van der Waals surface area contributed by atoms with Crippen molar-refractivity contribution < 1.29 is 18.5 Å². The Morgan fingerprint density at radius 1 is 1.53 bits per heavy atom. The molecule has 0 heterocycles. The molecule has 0 atom stereocenters. The highest BCUT2D eigenvalue weighted by molar-refractivity contribution is 5.95. The lowest BCUT2D eigenvalue weighted by Gasteiger charge is -2.03. The summed E-state index contributed by atoms with van der Waals surface area (Å²) < 4.78 is 26.4. The normalized spacial score (nSPS) is 9.47. The lowest BCUT2D eigenvalue weighted by molar-refractivity contribution is -0.387. The number of nitriles is 1. The van der Waals surface area contributed by atoms with Gasteiger partial charge in [0.05, 0.1) is 22.6 Å². The third-order valence-corrected chi connectivity index (χ3v) is 1.79. The van der Waals surface area contributed by atoms with Crippen LogP contribution in [0.25, 0.3) is 0 Å². The second-order valence-electron chi connectivity index (χ2n) is 2.88. The molecule has 8 heteroatoms. The molecule has 0 spiro atoms. The first-order valence-corrected chi connectivity index (χ1v) is 4.26. The third-order valence-electron chi connectivity index (χ3n) is 1.79. The number of halogens is 2. The maximum atomic E-state index is 13.4. The summed E-state index contributed by atoms with van der Waals surface area (Å²) in [6.07, 6.45) is 0. The summed E-state index contributed by atoms with van der Waals surface area (Å²) >= 11 is 0. The summed E-state index contributed by atoms with van der Waals surface area (Å²) in [4.78, 5) is 20.5. The summed E-state index contributed by atoms with van der Waals surface area (Å²) in [6, 6.07) is 2.45. The molecule has 0 saturated heterocycles. The van der Waals surface area contributed by atoms with Crippen LogP contribution in [0.3, 0.4) is 0 Å². The smallest absolute Gasteiger partial charge is 0.308 e. The lowest BCUT2D eigenvalue weighted by atomic mass is 10.1. The Morgan fingerprint density at radius 3 is 2.71 bits per heavy atom. The van der Waals surface area contributed by atoms with Crippen LogP contribution in [-0.2, 0) is 0 Å². The highest BCUT2D eigenvalue weighted by Gasteiger charge is 2.23. The van der Waals surface area contributed by atoms with Crippen LogP contribution in [0.15, 0.2) is 12.1 Å². The molecule has 0 aromatic heterocycles. The molecule has 0 bridgehead atoms. The lowest BCUT2D eigenvalue weighted by Crippen LogP contribution is -2.25. The zero-order chi connectivity index (χ0) is 13.0. The van der Waals surface area contributed by atoms with Crippen LogP contribution in [0.4, 0.5) is 14.5 Å². The van der Waals surface area contributed by atoms with Crippen molar-refractivity contribution in [3.8, 4) is 6.07 Å². The molecule has 0 aliphatic rings. The van der Waals surface area contributed by atoms with Crippen molar-refractivity contribution in [1.82, 2.24) is 5.32 Å². The zero-order valence-corrected chi connectivity index (χ0v) is 8.24. The minimum atomic E-state index is -1.44. The molecule has 1 amide bonds. The van der Waals surface area contributed by atoms with Crippen LogP contribution >= 0.6 is 0 Å². The number of nitrogens with zero attached hydrogens (tertiary/aromatic N) is 2. The van der Waals surface area contributed by atoms with E-state index in [1.165, 1.54) is 0 Å². The number of nitro benzene ring substituents is 1. The fourth-order valence-corrected chi connectivity index (χ4v) is 1.09. The van der Waals surface area contributed by atoms with E-state index in [0.717, 1.165) is 0 Å². The molecule has 0 aliphatic carbocycles. The van der Waals surface area contributed by atoms with Gasteiger partial charge in [-0.25, -0.2) is 4.39 Å². The highest BCUT2D eigenvalue weighted by Crippen LogP contribution is 2.22. The van der Waals surface area contributed by atoms with E-state index in [1.807, 2.05) is 5.32 Å². The molecule has 1 aromatic rings. The van der Waals surface area contributed by atoms with Gasteiger partial charge >= 0.3 is 5.69 Å². The van der Waals surface area contributed by atoms with Crippen LogP contribution in [0, 0.1) is 33.1 Å². The van der Waals surface area contributed by atoms with Gasteiger partial charge in [-0.3, -0.25) is 14.9 Å².